The van der Waals surface area contributed by atoms with E-state index in [1.807, 2.05) is 6.07 Å². The SMILES string of the molecule is CC(c1ccc(F)c(F)c1)N(C)S(=O)(=O)c1ccc(C#N)cc1. The lowest BCUT2D eigenvalue weighted by Crippen LogP contribution is -2.29. The number of halogens is 2. The molecule has 7 heteroatoms. The molecule has 23 heavy (non-hydrogen) atoms. The summed E-state index contributed by atoms with van der Waals surface area (Å²) in [5, 5.41) is 8.75. The van der Waals surface area contributed by atoms with Crippen LogP contribution < -0.4 is 0 Å². The summed E-state index contributed by atoms with van der Waals surface area (Å²) in [6.45, 7) is 1.58. The topological polar surface area (TPSA) is 61.2 Å². The number of benzene rings is 2. The molecule has 4 nitrogen and oxygen atoms in total. The predicted octanol–water partition coefficient (Wildman–Crippen LogP) is 3.22. The van der Waals surface area contributed by atoms with Crippen LogP contribution >= 0.6 is 0 Å². The molecule has 0 aliphatic carbocycles. The maximum Gasteiger partial charge on any atom is 0.243 e. The zero-order chi connectivity index (χ0) is 17.2. The summed E-state index contributed by atoms with van der Waals surface area (Å²) in [6.07, 6.45) is 0. The second kappa shape index (κ2) is 6.44. The third-order valence-electron chi connectivity index (χ3n) is 3.63. The van der Waals surface area contributed by atoms with Gasteiger partial charge in [-0.25, -0.2) is 17.2 Å². The van der Waals surface area contributed by atoms with Crippen molar-refractivity contribution in [2.45, 2.75) is 17.9 Å². The minimum absolute atomic E-state index is 0.0217. The van der Waals surface area contributed by atoms with Gasteiger partial charge in [0.1, 0.15) is 0 Å². The number of hydrogen-bond donors (Lipinski definition) is 0. The molecule has 1 unspecified atom stereocenters. The fourth-order valence-corrected chi connectivity index (χ4v) is 3.41. The van der Waals surface area contributed by atoms with Crippen molar-refractivity contribution in [1.82, 2.24) is 4.31 Å². The Morgan fingerprint density at radius 3 is 2.22 bits per heavy atom. The molecule has 0 N–H and O–H groups in total. The van der Waals surface area contributed by atoms with E-state index in [2.05, 4.69) is 0 Å². The molecule has 2 rings (SSSR count). The number of rotatable bonds is 4. The molecule has 0 amide bonds. The number of hydrogen-bond acceptors (Lipinski definition) is 3. The van der Waals surface area contributed by atoms with E-state index in [0.717, 1.165) is 16.4 Å². The summed E-state index contributed by atoms with van der Waals surface area (Å²) in [5.41, 5.74) is 0.684. The summed E-state index contributed by atoms with van der Waals surface area (Å²) < 4.78 is 52.6. The van der Waals surface area contributed by atoms with Crippen LogP contribution in [-0.4, -0.2) is 19.8 Å². The lowest BCUT2D eigenvalue weighted by molar-refractivity contribution is 0.395. The monoisotopic (exact) mass is 336 g/mol. The van der Waals surface area contributed by atoms with Crippen LogP contribution in [0.2, 0.25) is 0 Å². The average molecular weight is 336 g/mol. The van der Waals surface area contributed by atoms with E-state index in [0.29, 0.717) is 11.1 Å². The first-order valence-electron chi connectivity index (χ1n) is 6.70. The van der Waals surface area contributed by atoms with Crippen LogP contribution in [-0.2, 0) is 10.0 Å². The zero-order valence-electron chi connectivity index (χ0n) is 12.5. The molecular formula is C16H14F2N2O2S. The van der Waals surface area contributed by atoms with E-state index >= 15 is 0 Å². The molecule has 0 aliphatic heterocycles. The van der Waals surface area contributed by atoms with Gasteiger partial charge in [0.25, 0.3) is 0 Å². The Labute approximate surface area is 133 Å². The molecule has 120 valence electrons. The van der Waals surface area contributed by atoms with Gasteiger partial charge in [0.2, 0.25) is 10.0 Å². The van der Waals surface area contributed by atoms with E-state index in [1.54, 1.807) is 6.92 Å². The maximum atomic E-state index is 13.3. The van der Waals surface area contributed by atoms with Gasteiger partial charge >= 0.3 is 0 Å². The van der Waals surface area contributed by atoms with Gasteiger partial charge in [-0.05, 0) is 48.9 Å². The van der Waals surface area contributed by atoms with Crippen molar-refractivity contribution in [3.63, 3.8) is 0 Å². The van der Waals surface area contributed by atoms with Crippen LogP contribution in [0.3, 0.4) is 0 Å². The van der Waals surface area contributed by atoms with Gasteiger partial charge in [0.05, 0.1) is 16.5 Å². The second-order valence-electron chi connectivity index (χ2n) is 5.01. The van der Waals surface area contributed by atoms with Crippen LogP contribution in [0.25, 0.3) is 0 Å². The average Bonchev–Trinajstić information content (AvgIpc) is 2.56. The minimum atomic E-state index is -3.83. The molecule has 0 aliphatic rings. The highest BCUT2D eigenvalue weighted by Gasteiger charge is 2.26. The molecule has 0 bridgehead atoms. The predicted molar refractivity (Wildman–Crippen MR) is 80.9 cm³/mol. The first-order chi connectivity index (χ1) is 10.8. The standard InChI is InChI=1S/C16H14F2N2O2S/c1-11(13-5-8-15(17)16(18)9-13)20(2)23(21,22)14-6-3-12(10-19)4-7-14/h3-9,11H,1-2H3. The van der Waals surface area contributed by atoms with Crippen LogP contribution in [0.15, 0.2) is 47.4 Å². The van der Waals surface area contributed by atoms with E-state index in [1.165, 1.54) is 37.4 Å². The molecule has 0 fully saturated rings. The first kappa shape index (κ1) is 17.1. The third-order valence-corrected chi connectivity index (χ3v) is 5.57. The van der Waals surface area contributed by atoms with Gasteiger partial charge in [0.15, 0.2) is 11.6 Å². The molecule has 0 spiro atoms. The summed E-state index contributed by atoms with van der Waals surface area (Å²) in [4.78, 5) is 0.0217. The Morgan fingerprint density at radius 1 is 1.09 bits per heavy atom. The number of sulfonamides is 1. The van der Waals surface area contributed by atoms with Crippen LogP contribution in [0.4, 0.5) is 8.78 Å². The quantitative estimate of drug-likeness (QED) is 0.861. The van der Waals surface area contributed by atoms with Crippen molar-refractivity contribution in [2.24, 2.45) is 0 Å². The largest absolute Gasteiger partial charge is 0.243 e. The van der Waals surface area contributed by atoms with Gasteiger partial charge < -0.3 is 0 Å². The third kappa shape index (κ3) is 3.38. The molecule has 0 saturated carbocycles. The lowest BCUT2D eigenvalue weighted by Gasteiger charge is -2.24. The van der Waals surface area contributed by atoms with E-state index < -0.39 is 27.7 Å². The highest BCUT2D eigenvalue weighted by atomic mass is 32.2. The van der Waals surface area contributed by atoms with Crippen LogP contribution in [0.1, 0.15) is 24.1 Å². The van der Waals surface area contributed by atoms with Crippen LogP contribution in [0.5, 0.6) is 0 Å². The molecule has 0 aromatic heterocycles. The van der Waals surface area contributed by atoms with Crippen molar-refractivity contribution in [3.05, 3.63) is 65.2 Å². The Hall–Kier alpha value is -2.30. The van der Waals surface area contributed by atoms with E-state index in [4.69, 9.17) is 5.26 Å². The Morgan fingerprint density at radius 2 is 1.70 bits per heavy atom. The Balaban J connectivity index is 2.34. The van der Waals surface area contributed by atoms with Crippen molar-refractivity contribution in [1.29, 1.82) is 5.26 Å². The Bertz CT molecular complexity index is 859. The molecule has 0 heterocycles. The molecule has 2 aromatic carbocycles. The minimum Gasteiger partial charge on any atom is -0.207 e. The highest BCUT2D eigenvalue weighted by molar-refractivity contribution is 7.89. The number of nitrogens with zero attached hydrogens (tertiary/aromatic N) is 2. The molecule has 2 aromatic rings. The lowest BCUT2D eigenvalue weighted by atomic mass is 10.1. The van der Waals surface area contributed by atoms with Crippen molar-refractivity contribution < 1.29 is 17.2 Å². The molecule has 0 radical (unpaired) electrons. The van der Waals surface area contributed by atoms with Crippen molar-refractivity contribution in [2.75, 3.05) is 7.05 Å². The fraction of sp³-hybridized carbons (Fsp3) is 0.188. The Kier molecular flexibility index (Phi) is 4.78. The summed E-state index contributed by atoms with van der Waals surface area (Å²) in [7, 11) is -2.47. The van der Waals surface area contributed by atoms with Crippen molar-refractivity contribution in [3.8, 4) is 6.07 Å². The maximum absolute atomic E-state index is 13.3. The van der Waals surface area contributed by atoms with Gasteiger partial charge in [-0.2, -0.15) is 9.57 Å². The van der Waals surface area contributed by atoms with Crippen molar-refractivity contribution >= 4 is 10.0 Å². The fourth-order valence-electron chi connectivity index (χ4n) is 2.06. The van der Waals surface area contributed by atoms with E-state index in [9.17, 15) is 17.2 Å². The van der Waals surface area contributed by atoms with E-state index in [-0.39, 0.29) is 4.90 Å². The number of nitriles is 1. The highest BCUT2D eigenvalue weighted by Crippen LogP contribution is 2.26. The molecular weight excluding hydrogens is 322 g/mol. The van der Waals surface area contributed by atoms with Crippen LogP contribution in [0, 0.1) is 23.0 Å². The molecule has 1 atom stereocenters. The summed E-state index contributed by atoms with van der Waals surface area (Å²) in [6, 6.07) is 9.98. The normalized spacial score (nSPS) is 12.9. The zero-order valence-corrected chi connectivity index (χ0v) is 13.3. The summed E-state index contributed by atoms with van der Waals surface area (Å²) >= 11 is 0. The van der Waals surface area contributed by atoms with Gasteiger partial charge in [-0.3, -0.25) is 0 Å². The molecule has 0 saturated heterocycles. The smallest absolute Gasteiger partial charge is 0.207 e. The van der Waals surface area contributed by atoms with Gasteiger partial charge in [-0.15, -0.1) is 0 Å². The van der Waals surface area contributed by atoms with Gasteiger partial charge in [0, 0.05) is 13.1 Å². The van der Waals surface area contributed by atoms with Gasteiger partial charge in [-0.1, -0.05) is 6.07 Å². The summed E-state index contributed by atoms with van der Waals surface area (Å²) in [5.74, 6) is -2.02. The first-order valence-corrected chi connectivity index (χ1v) is 8.14. The second-order valence-corrected chi connectivity index (χ2v) is 7.00.